The van der Waals surface area contributed by atoms with Crippen molar-refractivity contribution in [2.24, 2.45) is 5.84 Å². The largest absolute Gasteiger partial charge is 0.508 e. The third kappa shape index (κ3) is 3.78. The topological polar surface area (TPSA) is 78.6 Å². The molecule has 88 valence electrons. The van der Waals surface area contributed by atoms with Crippen LogP contribution in [0.3, 0.4) is 0 Å². The number of anilines is 1. The summed E-state index contributed by atoms with van der Waals surface area (Å²) in [7, 11) is 1.94. The molecule has 0 fully saturated rings. The van der Waals surface area contributed by atoms with Crippen molar-refractivity contribution in [2.75, 3.05) is 18.5 Å². The molecule has 0 unspecified atom stereocenters. The first kappa shape index (κ1) is 12.3. The van der Waals surface area contributed by atoms with Gasteiger partial charge >= 0.3 is 0 Å². The number of hydrazine groups is 1. The van der Waals surface area contributed by atoms with E-state index in [1.165, 1.54) is 0 Å². The number of phenols is 1. The predicted octanol–water partition coefficient (Wildman–Crippen LogP) is 0.599. The zero-order chi connectivity index (χ0) is 12.0. The molecule has 1 amide bonds. The minimum atomic E-state index is -0.154. The van der Waals surface area contributed by atoms with E-state index in [1.807, 2.05) is 24.1 Å². The molecule has 0 aliphatic carbocycles. The first-order valence-corrected chi connectivity index (χ1v) is 5.13. The van der Waals surface area contributed by atoms with Crippen LogP contribution in [0.4, 0.5) is 5.69 Å². The van der Waals surface area contributed by atoms with Gasteiger partial charge in [0.2, 0.25) is 5.91 Å². The molecule has 0 aliphatic heterocycles. The molecule has 0 aromatic heterocycles. The first-order chi connectivity index (χ1) is 7.63. The summed E-state index contributed by atoms with van der Waals surface area (Å²) < 4.78 is 0. The van der Waals surface area contributed by atoms with Crippen LogP contribution in [0.2, 0.25) is 0 Å². The van der Waals surface area contributed by atoms with Crippen molar-refractivity contribution in [3.05, 3.63) is 24.3 Å². The number of hydrogen-bond acceptors (Lipinski definition) is 4. The summed E-state index contributed by atoms with van der Waals surface area (Å²) in [4.78, 5) is 12.9. The maximum atomic E-state index is 10.9. The molecule has 0 bridgehead atoms. The molecule has 0 heterocycles. The Morgan fingerprint density at radius 3 is 2.62 bits per heavy atom. The van der Waals surface area contributed by atoms with Gasteiger partial charge in [0.1, 0.15) is 5.75 Å². The Morgan fingerprint density at radius 1 is 1.44 bits per heavy atom. The molecule has 0 atom stereocenters. The zero-order valence-electron chi connectivity index (χ0n) is 9.31. The first-order valence-electron chi connectivity index (χ1n) is 5.13. The minimum absolute atomic E-state index is 0.154. The number of aromatic hydroxyl groups is 1. The fourth-order valence-electron chi connectivity index (χ4n) is 1.39. The number of rotatable bonds is 5. The van der Waals surface area contributed by atoms with E-state index >= 15 is 0 Å². The molecule has 5 heteroatoms. The molecule has 1 rings (SSSR count). The van der Waals surface area contributed by atoms with Gasteiger partial charge in [-0.3, -0.25) is 10.2 Å². The maximum Gasteiger partial charge on any atom is 0.233 e. The van der Waals surface area contributed by atoms with Gasteiger partial charge in [0.15, 0.2) is 0 Å². The van der Waals surface area contributed by atoms with Gasteiger partial charge in [-0.05, 0) is 30.7 Å². The van der Waals surface area contributed by atoms with Gasteiger partial charge in [0.25, 0.3) is 0 Å². The van der Waals surface area contributed by atoms with Crippen LogP contribution in [-0.4, -0.2) is 24.6 Å². The summed E-state index contributed by atoms with van der Waals surface area (Å²) in [5, 5.41) is 9.13. The average molecular weight is 223 g/mol. The third-order valence-electron chi connectivity index (χ3n) is 2.35. The van der Waals surface area contributed by atoms with Crippen LogP contribution in [-0.2, 0) is 4.79 Å². The molecule has 0 radical (unpaired) electrons. The lowest BCUT2D eigenvalue weighted by atomic mass is 10.2. The van der Waals surface area contributed by atoms with Crippen LogP contribution >= 0.6 is 0 Å². The Bertz CT molecular complexity index is 338. The van der Waals surface area contributed by atoms with Crippen molar-refractivity contribution >= 4 is 11.6 Å². The summed E-state index contributed by atoms with van der Waals surface area (Å²) in [6.07, 6.45) is 1.15. The van der Waals surface area contributed by atoms with Crippen LogP contribution in [0.1, 0.15) is 12.8 Å². The van der Waals surface area contributed by atoms with Crippen molar-refractivity contribution in [3.63, 3.8) is 0 Å². The Balaban J connectivity index is 2.37. The second-order valence-electron chi connectivity index (χ2n) is 3.61. The molecule has 16 heavy (non-hydrogen) atoms. The number of phenolic OH excluding ortho intramolecular Hbond substituents is 1. The van der Waals surface area contributed by atoms with Crippen molar-refractivity contribution in [3.8, 4) is 5.75 Å². The molecule has 1 aromatic rings. The highest BCUT2D eigenvalue weighted by atomic mass is 16.3. The molecule has 1 aromatic carbocycles. The second kappa shape index (κ2) is 5.97. The van der Waals surface area contributed by atoms with E-state index < -0.39 is 0 Å². The quantitative estimate of drug-likeness (QED) is 0.388. The van der Waals surface area contributed by atoms with Gasteiger partial charge in [-0.1, -0.05) is 0 Å². The van der Waals surface area contributed by atoms with Crippen molar-refractivity contribution in [1.29, 1.82) is 0 Å². The number of carbonyl (C=O) groups excluding carboxylic acids is 1. The van der Waals surface area contributed by atoms with Crippen molar-refractivity contribution in [1.82, 2.24) is 5.43 Å². The zero-order valence-corrected chi connectivity index (χ0v) is 9.31. The second-order valence-corrected chi connectivity index (χ2v) is 3.61. The molecule has 0 saturated heterocycles. The fraction of sp³-hybridized carbons (Fsp3) is 0.364. The van der Waals surface area contributed by atoms with E-state index in [4.69, 9.17) is 10.9 Å². The lowest BCUT2D eigenvalue weighted by molar-refractivity contribution is -0.121. The Morgan fingerprint density at radius 2 is 2.06 bits per heavy atom. The van der Waals surface area contributed by atoms with Crippen LogP contribution in [0, 0.1) is 0 Å². The highest BCUT2D eigenvalue weighted by Gasteiger charge is 2.02. The van der Waals surface area contributed by atoms with Crippen LogP contribution in [0.5, 0.6) is 5.75 Å². The SMILES string of the molecule is CN(CCCC(=O)NN)c1ccc(O)cc1. The maximum absolute atomic E-state index is 10.9. The van der Waals surface area contributed by atoms with Gasteiger partial charge < -0.3 is 10.0 Å². The highest BCUT2D eigenvalue weighted by Crippen LogP contribution is 2.17. The normalized spacial score (nSPS) is 9.88. The van der Waals surface area contributed by atoms with Gasteiger partial charge in [-0.15, -0.1) is 0 Å². The van der Waals surface area contributed by atoms with Gasteiger partial charge in [-0.25, -0.2) is 5.84 Å². The predicted molar refractivity (Wildman–Crippen MR) is 62.9 cm³/mol. The number of nitrogens with one attached hydrogen (secondary N) is 1. The van der Waals surface area contributed by atoms with Crippen LogP contribution in [0.15, 0.2) is 24.3 Å². The lowest BCUT2D eigenvalue weighted by Gasteiger charge is -2.18. The number of nitrogens with zero attached hydrogens (tertiary/aromatic N) is 1. The van der Waals surface area contributed by atoms with Gasteiger partial charge in [-0.2, -0.15) is 0 Å². The van der Waals surface area contributed by atoms with Crippen LogP contribution in [0.25, 0.3) is 0 Å². The van der Waals surface area contributed by atoms with Gasteiger partial charge in [0, 0.05) is 25.7 Å². The molecular weight excluding hydrogens is 206 g/mol. The average Bonchev–Trinajstić information content (AvgIpc) is 2.29. The molecule has 5 nitrogen and oxygen atoms in total. The molecule has 0 saturated carbocycles. The number of nitrogens with two attached hydrogens (primary N) is 1. The van der Waals surface area contributed by atoms with Crippen LogP contribution < -0.4 is 16.2 Å². The summed E-state index contributed by atoms with van der Waals surface area (Å²) in [5.74, 6) is 5.07. The summed E-state index contributed by atoms with van der Waals surface area (Å²) >= 11 is 0. The smallest absolute Gasteiger partial charge is 0.233 e. The van der Waals surface area contributed by atoms with E-state index in [0.717, 1.165) is 18.7 Å². The molecule has 0 aliphatic rings. The lowest BCUT2D eigenvalue weighted by Crippen LogP contribution is -2.30. The van der Waals surface area contributed by atoms with E-state index in [9.17, 15) is 4.79 Å². The standard InChI is InChI=1S/C11H17N3O2/c1-14(8-2-3-11(16)13-12)9-4-6-10(15)7-5-9/h4-7,15H,2-3,8,12H2,1H3,(H,13,16). The minimum Gasteiger partial charge on any atom is -0.508 e. The number of carbonyl (C=O) groups is 1. The highest BCUT2D eigenvalue weighted by molar-refractivity contribution is 5.75. The Kier molecular flexibility index (Phi) is 4.60. The Hall–Kier alpha value is -1.75. The van der Waals surface area contributed by atoms with E-state index in [-0.39, 0.29) is 11.7 Å². The number of amides is 1. The summed E-state index contributed by atoms with van der Waals surface area (Å²) in [5.41, 5.74) is 3.10. The van der Waals surface area contributed by atoms with Crippen molar-refractivity contribution in [2.45, 2.75) is 12.8 Å². The molecule has 0 spiro atoms. The summed E-state index contributed by atoms with van der Waals surface area (Å²) in [6.45, 7) is 0.762. The number of benzene rings is 1. The van der Waals surface area contributed by atoms with E-state index in [0.29, 0.717) is 6.42 Å². The van der Waals surface area contributed by atoms with E-state index in [2.05, 4.69) is 5.43 Å². The monoisotopic (exact) mass is 223 g/mol. The summed E-state index contributed by atoms with van der Waals surface area (Å²) in [6, 6.07) is 6.94. The van der Waals surface area contributed by atoms with Crippen molar-refractivity contribution < 1.29 is 9.90 Å². The Labute approximate surface area is 94.8 Å². The number of hydrogen-bond donors (Lipinski definition) is 3. The molecule has 4 N–H and O–H groups in total. The van der Waals surface area contributed by atoms with Gasteiger partial charge in [0.05, 0.1) is 0 Å². The van der Waals surface area contributed by atoms with E-state index in [1.54, 1.807) is 12.1 Å². The molecular formula is C11H17N3O2. The third-order valence-corrected chi connectivity index (χ3v) is 2.35. The fourth-order valence-corrected chi connectivity index (χ4v) is 1.39.